The van der Waals surface area contributed by atoms with Crippen LogP contribution in [0.25, 0.3) is 0 Å². The second-order valence-corrected chi connectivity index (χ2v) is 5.27. The lowest BCUT2D eigenvalue weighted by Gasteiger charge is -2.11. The van der Waals surface area contributed by atoms with Crippen LogP contribution in [0, 0.1) is 17.6 Å². The van der Waals surface area contributed by atoms with Crippen LogP contribution in [0.3, 0.4) is 0 Å². The molecule has 20 heavy (non-hydrogen) atoms. The van der Waals surface area contributed by atoms with Crippen molar-refractivity contribution in [1.29, 1.82) is 0 Å². The number of halogens is 2. The van der Waals surface area contributed by atoms with E-state index in [4.69, 9.17) is 0 Å². The first-order valence-electron chi connectivity index (χ1n) is 6.70. The number of benzene rings is 1. The predicted molar refractivity (Wildman–Crippen MR) is 74.2 cm³/mol. The number of hydrogen-bond donors (Lipinski definition) is 1. The lowest BCUT2D eigenvalue weighted by molar-refractivity contribution is 0.534. The highest BCUT2D eigenvalue weighted by molar-refractivity contribution is 5.19. The SMILES string of the molecule is CC(C)CNCc1cncn1Cc1ccc(F)cc1F. The molecular weight excluding hydrogens is 260 g/mol. The molecule has 1 aromatic heterocycles. The van der Waals surface area contributed by atoms with E-state index >= 15 is 0 Å². The van der Waals surface area contributed by atoms with Crippen molar-refractivity contribution in [2.45, 2.75) is 26.9 Å². The number of imidazole rings is 1. The number of nitrogens with one attached hydrogen (secondary N) is 1. The third-order valence-electron chi connectivity index (χ3n) is 3.01. The van der Waals surface area contributed by atoms with Crippen molar-refractivity contribution >= 4 is 0 Å². The van der Waals surface area contributed by atoms with Gasteiger partial charge in [0.15, 0.2) is 0 Å². The van der Waals surface area contributed by atoms with Gasteiger partial charge in [-0.2, -0.15) is 0 Å². The highest BCUT2D eigenvalue weighted by Gasteiger charge is 2.07. The highest BCUT2D eigenvalue weighted by Crippen LogP contribution is 2.12. The maximum atomic E-state index is 13.6. The smallest absolute Gasteiger partial charge is 0.131 e. The summed E-state index contributed by atoms with van der Waals surface area (Å²) in [5, 5.41) is 3.32. The Balaban J connectivity index is 2.04. The highest BCUT2D eigenvalue weighted by atomic mass is 19.1. The minimum Gasteiger partial charge on any atom is -0.329 e. The minimum absolute atomic E-state index is 0.352. The predicted octanol–water partition coefficient (Wildman–Crippen LogP) is 2.96. The van der Waals surface area contributed by atoms with Crippen molar-refractivity contribution < 1.29 is 8.78 Å². The number of hydrogen-bond acceptors (Lipinski definition) is 2. The summed E-state index contributed by atoms with van der Waals surface area (Å²) in [6.45, 7) is 6.22. The number of rotatable bonds is 6. The van der Waals surface area contributed by atoms with Gasteiger partial charge in [-0.25, -0.2) is 13.8 Å². The lowest BCUT2D eigenvalue weighted by Crippen LogP contribution is -2.21. The molecular formula is C15H19F2N3. The van der Waals surface area contributed by atoms with Crippen molar-refractivity contribution in [3.05, 3.63) is 53.6 Å². The third-order valence-corrected chi connectivity index (χ3v) is 3.01. The topological polar surface area (TPSA) is 29.9 Å². The first kappa shape index (κ1) is 14.7. The number of aromatic nitrogens is 2. The molecule has 0 saturated carbocycles. The Hall–Kier alpha value is -1.75. The molecule has 0 radical (unpaired) electrons. The minimum atomic E-state index is -0.560. The average Bonchev–Trinajstić information content (AvgIpc) is 2.80. The largest absolute Gasteiger partial charge is 0.329 e. The summed E-state index contributed by atoms with van der Waals surface area (Å²) < 4.78 is 28.4. The van der Waals surface area contributed by atoms with Gasteiger partial charge in [0.1, 0.15) is 11.6 Å². The summed E-state index contributed by atoms with van der Waals surface area (Å²) in [7, 11) is 0. The standard InChI is InChI=1S/C15H19F2N3/c1-11(2)6-18-7-14-8-19-10-20(14)9-12-3-4-13(16)5-15(12)17/h3-5,8,10-11,18H,6-7,9H2,1-2H3. The summed E-state index contributed by atoms with van der Waals surface area (Å²) in [6.07, 6.45) is 3.42. The molecule has 2 aromatic rings. The normalized spacial score (nSPS) is 11.2. The summed E-state index contributed by atoms with van der Waals surface area (Å²) in [4.78, 5) is 4.09. The van der Waals surface area contributed by atoms with E-state index < -0.39 is 11.6 Å². The Morgan fingerprint density at radius 3 is 2.80 bits per heavy atom. The van der Waals surface area contributed by atoms with Gasteiger partial charge in [0.2, 0.25) is 0 Å². The molecule has 0 aliphatic heterocycles. The van der Waals surface area contributed by atoms with Crippen LogP contribution in [0.5, 0.6) is 0 Å². The van der Waals surface area contributed by atoms with Crippen molar-refractivity contribution in [2.75, 3.05) is 6.54 Å². The average molecular weight is 279 g/mol. The van der Waals surface area contributed by atoms with Gasteiger partial charge in [-0.3, -0.25) is 0 Å². The maximum Gasteiger partial charge on any atom is 0.131 e. The van der Waals surface area contributed by atoms with Crippen molar-refractivity contribution in [3.8, 4) is 0 Å². The Kier molecular flexibility index (Phi) is 4.84. The van der Waals surface area contributed by atoms with E-state index in [0.29, 0.717) is 24.6 Å². The molecule has 0 spiro atoms. The molecule has 0 atom stereocenters. The summed E-state index contributed by atoms with van der Waals surface area (Å²) in [5.41, 5.74) is 1.43. The van der Waals surface area contributed by atoms with Gasteiger partial charge >= 0.3 is 0 Å². The molecule has 2 rings (SSSR count). The van der Waals surface area contributed by atoms with Crippen LogP contribution in [0.4, 0.5) is 8.78 Å². The molecule has 3 nitrogen and oxygen atoms in total. The van der Waals surface area contributed by atoms with Crippen LogP contribution < -0.4 is 5.32 Å². The van der Waals surface area contributed by atoms with E-state index in [9.17, 15) is 8.78 Å². The lowest BCUT2D eigenvalue weighted by atomic mass is 10.2. The molecule has 0 aliphatic rings. The van der Waals surface area contributed by atoms with Gasteiger partial charge in [-0.1, -0.05) is 19.9 Å². The zero-order valence-corrected chi connectivity index (χ0v) is 11.7. The van der Waals surface area contributed by atoms with Crippen molar-refractivity contribution in [1.82, 2.24) is 14.9 Å². The fourth-order valence-corrected chi connectivity index (χ4v) is 1.96. The van der Waals surface area contributed by atoms with Gasteiger partial charge in [0, 0.05) is 24.4 Å². The zero-order valence-electron chi connectivity index (χ0n) is 11.7. The van der Waals surface area contributed by atoms with Crippen LogP contribution in [-0.4, -0.2) is 16.1 Å². The van der Waals surface area contributed by atoms with E-state index in [1.807, 2.05) is 4.57 Å². The molecule has 0 bridgehead atoms. The monoisotopic (exact) mass is 279 g/mol. The molecule has 0 saturated heterocycles. The molecule has 1 aromatic carbocycles. The van der Waals surface area contributed by atoms with Crippen LogP contribution in [0.15, 0.2) is 30.7 Å². The summed E-state index contributed by atoms with van der Waals surface area (Å²) >= 11 is 0. The number of nitrogens with zero attached hydrogens (tertiary/aromatic N) is 2. The maximum absolute atomic E-state index is 13.6. The van der Waals surface area contributed by atoms with Gasteiger partial charge in [0.25, 0.3) is 0 Å². The van der Waals surface area contributed by atoms with E-state index in [1.54, 1.807) is 12.5 Å². The van der Waals surface area contributed by atoms with Gasteiger partial charge < -0.3 is 9.88 Å². The molecule has 0 amide bonds. The second-order valence-electron chi connectivity index (χ2n) is 5.27. The molecule has 0 fully saturated rings. The van der Waals surface area contributed by atoms with E-state index in [1.165, 1.54) is 12.1 Å². The van der Waals surface area contributed by atoms with Gasteiger partial charge in [-0.15, -0.1) is 0 Å². The summed E-state index contributed by atoms with van der Waals surface area (Å²) in [6, 6.07) is 3.64. The van der Waals surface area contributed by atoms with Crippen LogP contribution in [-0.2, 0) is 13.1 Å². The van der Waals surface area contributed by atoms with E-state index in [0.717, 1.165) is 18.3 Å². The molecule has 1 N–H and O–H groups in total. The van der Waals surface area contributed by atoms with Gasteiger partial charge in [-0.05, 0) is 18.5 Å². The molecule has 0 unspecified atom stereocenters. The zero-order chi connectivity index (χ0) is 14.5. The fraction of sp³-hybridized carbons (Fsp3) is 0.400. The van der Waals surface area contributed by atoms with Gasteiger partial charge in [0.05, 0.1) is 18.6 Å². The Bertz CT molecular complexity index is 564. The molecule has 108 valence electrons. The van der Waals surface area contributed by atoms with E-state index in [-0.39, 0.29) is 0 Å². The first-order chi connectivity index (χ1) is 9.56. The second kappa shape index (κ2) is 6.61. The van der Waals surface area contributed by atoms with Crippen molar-refractivity contribution in [3.63, 3.8) is 0 Å². The first-order valence-corrected chi connectivity index (χ1v) is 6.70. The molecule has 5 heteroatoms. The fourth-order valence-electron chi connectivity index (χ4n) is 1.96. The van der Waals surface area contributed by atoms with Crippen LogP contribution in [0.2, 0.25) is 0 Å². The van der Waals surface area contributed by atoms with E-state index in [2.05, 4.69) is 24.1 Å². The Morgan fingerprint density at radius 1 is 1.30 bits per heavy atom. The van der Waals surface area contributed by atoms with Crippen LogP contribution >= 0.6 is 0 Å². The summed E-state index contributed by atoms with van der Waals surface area (Å²) in [5.74, 6) is -0.517. The van der Waals surface area contributed by atoms with Crippen molar-refractivity contribution in [2.24, 2.45) is 5.92 Å². The third kappa shape index (κ3) is 3.87. The molecule has 0 aliphatic carbocycles. The Morgan fingerprint density at radius 2 is 2.10 bits per heavy atom. The van der Waals surface area contributed by atoms with Crippen LogP contribution in [0.1, 0.15) is 25.1 Å². The Labute approximate surface area is 117 Å². The quantitative estimate of drug-likeness (QED) is 0.881. The molecule has 1 heterocycles.